The maximum absolute atomic E-state index is 14.0. The summed E-state index contributed by atoms with van der Waals surface area (Å²) in [4.78, 5) is 30.3. The minimum Gasteiger partial charge on any atom is -0.450 e. The minimum absolute atomic E-state index is 0.0579. The van der Waals surface area contributed by atoms with E-state index >= 15 is 0 Å². The Bertz CT molecular complexity index is 1120. The molecule has 1 aliphatic rings. The average Bonchev–Trinajstić information content (AvgIpc) is 3.01. The Morgan fingerprint density at radius 2 is 1.83 bits per heavy atom. The Morgan fingerprint density at radius 3 is 2.55 bits per heavy atom. The molecule has 0 aliphatic carbocycles. The van der Waals surface area contributed by atoms with Gasteiger partial charge in [0, 0.05) is 13.1 Å². The van der Waals surface area contributed by atoms with E-state index in [-0.39, 0.29) is 17.1 Å². The number of amides is 1. The molecule has 0 N–H and O–H groups in total. The molecule has 0 saturated carbocycles. The summed E-state index contributed by atoms with van der Waals surface area (Å²) >= 11 is 0. The standard InChI is InChI=1S/C23H23FN2O3/c1-3-25(4-2)12-13-26-20(15-8-7-9-16(24)14-15)19-21(27)17-10-5-6-11-18(17)29-22(19)23(26)28/h5-11,14,20H,3-4,12-13H2,1-2H3/t20-/m0/s1. The van der Waals surface area contributed by atoms with E-state index in [1.54, 1.807) is 41.3 Å². The Morgan fingerprint density at radius 1 is 1.07 bits per heavy atom. The first-order chi connectivity index (χ1) is 14.0. The lowest BCUT2D eigenvalue weighted by molar-refractivity contribution is 0.0708. The Balaban J connectivity index is 1.87. The van der Waals surface area contributed by atoms with Crippen LogP contribution < -0.4 is 5.43 Å². The highest BCUT2D eigenvalue weighted by Gasteiger charge is 2.42. The number of nitrogens with zero attached hydrogens (tertiary/aromatic N) is 2. The van der Waals surface area contributed by atoms with Gasteiger partial charge in [0.2, 0.25) is 5.76 Å². The molecule has 0 radical (unpaired) electrons. The first-order valence-electron chi connectivity index (χ1n) is 9.89. The van der Waals surface area contributed by atoms with Crippen LogP contribution in [0.3, 0.4) is 0 Å². The summed E-state index contributed by atoms with van der Waals surface area (Å²) in [6.45, 7) is 6.92. The van der Waals surface area contributed by atoms with Gasteiger partial charge < -0.3 is 14.2 Å². The van der Waals surface area contributed by atoms with Crippen LogP contribution in [0, 0.1) is 5.82 Å². The van der Waals surface area contributed by atoms with Gasteiger partial charge in [0.15, 0.2) is 5.43 Å². The van der Waals surface area contributed by atoms with Crippen molar-refractivity contribution in [2.75, 3.05) is 26.2 Å². The molecule has 29 heavy (non-hydrogen) atoms. The van der Waals surface area contributed by atoms with Gasteiger partial charge in [-0.05, 0) is 42.9 Å². The number of likely N-dealkylation sites (N-methyl/N-ethyl adjacent to an activating group) is 1. The highest BCUT2D eigenvalue weighted by Crippen LogP contribution is 2.38. The van der Waals surface area contributed by atoms with Gasteiger partial charge in [-0.2, -0.15) is 0 Å². The molecule has 2 aromatic carbocycles. The van der Waals surface area contributed by atoms with Crippen molar-refractivity contribution in [3.8, 4) is 0 Å². The van der Waals surface area contributed by atoms with E-state index in [0.717, 1.165) is 13.1 Å². The minimum atomic E-state index is -0.662. The molecule has 0 bridgehead atoms. The molecular weight excluding hydrogens is 371 g/mol. The molecule has 0 fully saturated rings. The monoisotopic (exact) mass is 394 g/mol. The summed E-state index contributed by atoms with van der Waals surface area (Å²) in [6, 6.07) is 12.3. The van der Waals surface area contributed by atoms with Crippen LogP contribution in [0.25, 0.3) is 11.0 Å². The molecule has 5 nitrogen and oxygen atoms in total. The number of rotatable bonds is 6. The molecule has 0 saturated heterocycles. The van der Waals surface area contributed by atoms with E-state index in [1.165, 1.54) is 12.1 Å². The molecule has 1 amide bonds. The number of hydrogen-bond acceptors (Lipinski definition) is 4. The molecule has 4 rings (SSSR count). The highest BCUT2D eigenvalue weighted by atomic mass is 19.1. The van der Waals surface area contributed by atoms with Crippen LogP contribution in [-0.4, -0.2) is 41.9 Å². The molecule has 0 spiro atoms. The van der Waals surface area contributed by atoms with Crippen molar-refractivity contribution >= 4 is 16.9 Å². The highest BCUT2D eigenvalue weighted by molar-refractivity contribution is 5.99. The number of halogens is 1. The summed E-state index contributed by atoms with van der Waals surface area (Å²) in [5.41, 5.74) is 1.00. The van der Waals surface area contributed by atoms with Gasteiger partial charge in [0.25, 0.3) is 5.91 Å². The number of carbonyl (C=O) groups is 1. The zero-order chi connectivity index (χ0) is 20.5. The van der Waals surface area contributed by atoms with Crippen molar-refractivity contribution in [3.05, 3.63) is 81.5 Å². The Hall–Kier alpha value is -2.99. The molecule has 6 heteroatoms. The van der Waals surface area contributed by atoms with Gasteiger partial charge in [-0.3, -0.25) is 9.59 Å². The van der Waals surface area contributed by atoms with Crippen molar-refractivity contribution in [1.82, 2.24) is 9.80 Å². The second-order valence-corrected chi connectivity index (χ2v) is 7.15. The van der Waals surface area contributed by atoms with Gasteiger partial charge in [0.05, 0.1) is 17.0 Å². The number of fused-ring (bicyclic) bond motifs is 2. The summed E-state index contributed by atoms with van der Waals surface area (Å²) in [7, 11) is 0. The molecule has 150 valence electrons. The van der Waals surface area contributed by atoms with Gasteiger partial charge in [0.1, 0.15) is 11.4 Å². The average molecular weight is 394 g/mol. The molecule has 1 aromatic heterocycles. The maximum Gasteiger partial charge on any atom is 0.290 e. The summed E-state index contributed by atoms with van der Waals surface area (Å²) < 4.78 is 19.9. The molecule has 0 unspecified atom stereocenters. The lowest BCUT2D eigenvalue weighted by atomic mass is 9.98. The van der Waals surface area contributed by atoms with Crippen molar-refractivity contribution in [2.24, 2.45) is 0 Å². The van der Waals surface area contributed by atoms with Crippen LogP contribution in [-0.2, 0) is 0 Å². The Labute approximate surface area is 168 Å². The van der Waals surface area contributed by atoms with Crippen LogP contribution >= 0.6 is 0 Å². The largest absolute Gasteiger partial charge is 0.450 e. The number of hydrogen-bond donors (Lipinski definition) is 0. The fourth-order valence-electron chi connectivity index (χ4n) is 4.01. The second kappa shape index (κ2) is 7.79. The van der Waals surface area contributed by atoms with Crippen LogP contribution in [0.1, 0.15) is 41.6 Å². The van der Waals surface area contributed by atoms with Gasteiger partial charge >= 0.3 is 0 Å². The predicted octanol–water partition coefficient (Wildman–Crippen LogP) is 3.82. The lowest BCUT2D eigenvalue weighted by Crippen LogP contribution is -2.37. The zero-order valence-corrected chi connectivity index (χ0v) is 16.5. The number of carbonyl (C=O) groups excluding carboxylic acids is 1. The van der Waals surface area contributed by atoms with Gasteiger partial charge in [-0.15, -0.1) is 0 Å². The van der Waals surface area contributed by atoms with E-state index in [1.807, 2.05) is 0 Å². The van der Waals surface area contributed by atoms with Crippen LogP contribution in [0.15, 0.2) is 57.7 Å². The Kier molecular flexibility index (Phi) is 5.20. The first kappa shape index (κ1) is 19.3. The fraction of sp³-hybridized carbons (Fsp3) is 0.304. The van der Waals surface area contributed by atoms with E-state index in [4.69, 9.17) is 4.42 Å². The number of benzene rings is 2. The summed E-state index contributed by atoms with van der Waals surface area (Å²) in [5.74, 6) is -0.677. The van der Waals surface area contributed by atoms with Gasteiger partial charge in [-0.1, -0.05) is 38.1 Å². The van der Waals surface area contributed by atoms with Crippen molar-refractivity contribution in [3.63, 3.8) is 0 Å². The molecule has 1 aliphatic heterocycles. The third-order valence-corrected chi connectivity index (χ3v) is 5.59. The first-order valence-corrected chi connectivity index (χ1v) is 9.89. The van der Waals surface area contributed by atoms with E-state index in [9.17, 15) is 14.0 Å². The predicted molar refractivity (Wildman–Crippen MR) is 110 cm³/mol. The fourth-order valence-corrected chi connectivity index (χ4v) is 4.01. The topological polar surface area (TPSA) is 53.8 Å². The van der Waals surface area contributed by atoms with E-state index < -0.39 is 11.9 Å². The zero-order valence-electron chi connectivity index (χ0n) is 16.5. The van der Waals surface area contributed by atoms with E-state index in [0.29, 0.717) is 35.2 Å². The van der Waals surface area contributed by atoms with Crippen LogP contribution in [0.5, 0.6) is 0 Å². The summed E-state index contributed by atoms with van der Waals surface area (Å²) in [6.07, 6.45) is 0. The molecule has 2 heterocycles. The van der Waals surface area contributed by atoms with Crippen LogP contribution in [0.4, 0.5) is 4.39 Å². The third kappa shape index (κ3) is 3.34. The van der Waals surface area contributed by atoms with E-state index in [2.05, 4.69) is 18.7 Å². The second-order valence-electron chi connectivity index (χ2n) is 7.15. The third-order valence-electron chi connectivity index (χ3n) is 5.59. The van der Waals surface area contributed by atoms with Crippen molar-refractivity contribution < 1.29 is 13.6 Å². The van der Waals surface area contributed by atoms with Crippen LogP contribution in [0.2, 0.25) is 0 Å². The van der Waals surface area contributed by atoms with Crippen molar-refractivity contribution in [2.45, 2.75) is 19.9 Å². The summed E-state index contributed by atoms with van der Waals surface area (Å²) in [5, 5.41) is 0.422. The number of para-hydroxylation sites is 1. The SMILES string of the molecule is CCN(CC)CCN1C(=O)c2oc3ccccc3c(=O)c2[C@@H]1c1cccc(F)c1. The van der Waals surface area contributed by atoms with Gasteiger partial charge in [-0.25, -0.2) is 4.39 Å². The maximum atomic E-state index is 14.0. The lowest BCUT2D eigenvalue weighted by Gasteiger charge is -2.28. The molecular formula is C23H23FN2O3. The van der Waals surface area contributed by atoms with Crippen molar-refractivity contribution in [1.29, 1.82) is 0 Å². The normalized spacial score (nSPS) is 16.1. The molecule has 1 atom stereocenters. The smallest absolute Gasteiger partial charge is 0.290 e. The molecule has 3 aromatic rings. The quantitative estimate of drug-likeness (QED) is 0.638.